The molecule has 0 aliphatic heterocycles. The van der Waals surface area contributed by atoms with E-state index in [4.69, 9.17) is 0 Å². The number of nitrogens with one attached hydrogen (secondary N) is 2. The van der Waals surface area contributed by atoms with Crippen molar-refractivity contribution in [2.24, 2.45) is 0 Å². The molecule has 12 heavy (non-hydrogen) atoms. The predicted octanol–water partition coefficient (Wildman–Crippen LogP) is 1.20. The maximum atomic E-state index is 4.01. The Kier molecular flexibility index (Phi) is 1.63. The van der Waals surface area contributed by atoms with E-state index < -0.39 is 0 Å². The maximum Gasteiger partial charge on any atom is 0.223 e. The molecule has 1 aromatic carbocycles. The monoisotopic (exact) mass is 160 g/mol. The summed E-state index contributed by atoms with van der Waals surface area (Å²) in [4.78, 5) is 0. The van der Waals surface area contributed by atoms with Crippen LogP contribution in [-0.2, 0) is 0 Å². The molecular weight excluding hydrogens is 150 g/mol. The molecule has 0 radical (unpaired) electrons. The van der Waals surface area contributed by atoms with Crippen LogP contribution in [0.5, 0.6) is 0 Å². The van der Waals surface area contributed by atoms with Gasteiger partial charge in [-0.1, -0.05) is 35.5 Å². The van der Waals surface area contributed by atoms with Gasteiger partial charge in [0.25, 0.3) is 0 Å². The molecule has 2 rings (SSSR count). The molecule has 60 valence electrons. The standard InChI is InChI=1S/C9H9N3/c1-7-9(11-12-10-7)8-5-3-2-4-6-8/h2-6H,1H3,(H,10,11,12)/p+1. The van der Waals surface area contributed by atoms with Crippen molar-refractivity contribution in [1.29, 1.82) is 0 Å². The molecule has 3 nitrogen and oxygen atoms in total. The number of H-pyrrole nitrogens is 2. The van der Waals surface area contributed by atoms with Crippen molar-refractivity contribution in [2.75, 3.05) is 0 Å². The Balaban J connectivity index is 2.51. The van der Waals surface area contributed by atoms with Gasteiger partial charge in [-0.25, -0.2) is 0 Å². The summed E-state index contributed by atoms with van der Waals surface area (Å²) in [5.74, 6) is 0. The number of hydrogen-bond donors (Lipinski definition) is 1. The lowest BCUT2D eigenvalue weighted by Gasteiger charge is -1.90. The van der Waals surface area contributed by atoms with Crippen LogP contribution in [0.1, 0.15) is 5.69 Å². The number of hydrogen-bond acceptors (Lipinski definition) is 1. The van der Waals surface area contributed by atoms with Crippen molar-refractivity contribution in [3.8, 4) is 11.3 Å². The van der Waals surface area contributed by atoms with E-state index in [-0.39, 0.29) is 0 Å². The molecule has 0 amide bonds. The largest absolute Gasteiger partial charge is 0.223 e. The Labute approximate surface area is 70.4 Å². The van der Waals surface area contributed by atoms with Crippen LogP contribution in [0.25, 0.3) is 11.3 Å². The van der Waals surface area contributed by atoms with Gasteiger partial charge in [0, 0.05) is 17.6 Å². The van der Waals surface area contributed by atoms with Gasteiger partial charge < -0.3 is 0 Å². The summed E-state index contributed by atoms with van der Waals surface area (Å²) in [6.45, 7) is 1.97. The van der Waals surface area contributed by atoms with Gasteiger partial charge in [0.1, 0.15) is 0 Å². The van der Waals surface area contributed by atoms with Crippen LogP contribution in [0.4, 0.5) is 0 Å². The molecule has 2 aromatic rings. The van der Waals surface area contributed by atoms with Crippen molar-refractivity contribution < 1.29 is 5.10 Å². The van der Waals surface area contributed by atoms with Crippen molar-refractivity contribution in [1.82, 2.24) is 10.3 Å². The minimum atomic E-state index is 0.987. The lowest BCUT2D eigenvalue weighted by Crippen LogP contribution is -2.05. The average molecular weight is 160 g/mol. The molecule has 0 fully saturated rings. The fourth-order valence-electron chi connectivity index (χ4n) is 1.20. The summed E-state index contributed by atoms with van der Waals surface area (Å²) >= 11 is 0. The lowest BCUT2D eigenvalue weighted by atomic mass is 10.1. The molecule has 0 saturated heterocycles. The van der Waals surface area contributed by atoms with Crippen LogP contribution in [0, 0.1) is 6.92 Å². The Morgan fingerprint density at radius 1 is 1.25 bits per heavy atom. The highest BCUT2D eigenvalue weighted by atomic mass is 15.3. The van der Waals surface area contributed by atoms with Crippen LogP contribution in [0.3, 0.4) is 0 Å². The quantitative estimate of drug-likeness (QED) is 0.669. The van der Waals surface area contributed by atoms with E-state index in [1.807, 2.05) is 37.3 Å². The zero-order valence-corrected chi connectivity index (χ0v) is 6.83. The molecule has 0 aliphatic carbocycles. The van der Waals surface area contributed by atoms with Gasteiger partial charge in [0.2, 0.25) is 5.69 Å². The SMILES string of the molecule is Cc1n[nH][nH+]c1-c1ccccc1. The molecule has 3 heteroatoms. The van der Waals surface area contributed by atoms with Crippen LogP contribution in [0.2, 0.25) is 0 Å². The minimum Gasteiger partial charge on any atom is -0.168 e. The molecule has 0 saturated carbocycles. The van der Waals surface area contributed by atoms with Crippen LogP contribution >= 0.6 is 0 Å². The zero-order valence-electron chi connectivity index (χ0n) is 6.83. The lowest BCUT2D eigenvalue weighted by molar-refractivity contribution is -0.443. The highest BCUT2D eigenvalue weighted by Crippen LogP contribution is 2.14. The van der Waals surface area contributed by atoms with E-state index in [9.17, 15) is 0 Å². The predicted molar refractivity (Wildman–Crippen MR) is 45.3 cm³/mol. The van der Waals surface area contributed by atoms with Crippen LogP contribution in [0.15, 0.2) is 30.3 Å². The Bertz CT molecular complexity index is 364. The fraction of sp³-hybridized carbons (Fsp3) is 0.111. The summed E-state index contributed by atoms with van der Waals surface area (Å²) in [6, 6.07) is 10.1. The first-order valence-corrected chi connectivity index (χ1v) is 3.86. The molecule has 0 unspecified atom stereocenters. The first-order valence-electron chi connectivity index (χ1n) is 3.86. The minimum absolute atomic E-state index is 0.987. The van der Waals surface area contributed by atoms with E-state index >= 15 is 0 Å². The Morgan fingerprint density at radius 2 is 2.00 bits per heavy atom. The summed E-state index contributed by atoms with van der Waals surface area (Å²) in [7, 11) is 0. The summed E-state index contributed by atoms with van der Waals surface area (Å²) < 4.78 is 0. The first-order chi connectivity index (χ1) is 5.88. The van der Waals surface area contributed by atoms with Crippen molar-refractivity contribution in [2.45, 2.75) is 6.92 Å². The third-order valence-corrected chi connectivity index (χ3v) is 1.83. The fourth-order valence-corrected chi connectivity index (χ4v) is 1.20. The van der Waals surface area contributed by atoms with Crippen molar-refractivity contribution >= 4 is 0 Å². The molecule has 2 N–H and O–H groups in total. The van der Waals surface area contributed by atoms with Gasteiger partial charge in [-0.3, -0.25) is 0 Å². The number of nitrogens with zero attached hydrogens (tertiary/aromatic N) is 1. The molecule has 1 aromatic heterocycles. The van der Waals surface area contributed by atoms with Gasteiger partial charge >= 0.3 is 0 Å². The number of benzene rings is 1. The number of rotatable bonds is 1. The molecular formula is C9H10N3+. The topological polar surface area (TPSA) is 42.8 Å². The van der Waals surface area contributed by atoms with Gasteiger partial charge in [-0.15, -0.1) is 0 Å². The smallest absolute Gasteiger partial charge is 0.168 e. The maximum absolute atomic E-state index is 4.01. The van der Waals surface area contributed by atoms with Crippen LogP contribution in [-0.4, -0.2) is 10.3 Å². The van der Waals surface area contributed by atoms with Crippen LogP contribution < -0.4 is 5.10 Å². The third-order valence-electron chi connectivity index (χ3n) is 1.83. The second-order valence-corrected chi connectivity index (χ2v) is 2.68. The molecule has 0 atom stereocenters. The summed E-state index contributed by atoms with van der Waals surface area (Å²) in [5, 5.41) is 9.72. The van der Waals surface area contributed by atoms with E-state index in [1.54, 1.807) is 0 Å². The van der Waals surface area contributed by atoms with Gasteiger partial charge in [0.15, 0.2) is 5.69 Å². The molecule has 0 aliphatic rings. The summed E-state index contributed by atoms with van der Waals surface area (Å²) in [5.41, 5.74) is 3.19. The van der Waals surface area contributed by atoms with E-state index in [1.165, 1.54) is 0 Å². The van der Waals surface area contributed by atoms with Gasteiger partial charge in [0.05, 0.1) is 0 Å². The van der Waals surface area contributed by atoms with Crippen molar-refractivity contribution in [3.63, 3.8) is 0 Å². The van der Waals surface area contributed by atoms with Crippen molar-refractivity contribution in [3.05, 3.63) is 36.0 Å². The van der Waals surface area contributed by atoms with E-state index in [0.717, 1.165) is 17.0 Å². The van der Waals surface area contributed by atoms with Gasteiger partial charge in [-0.2, -0.15) is 5.10 Å². The van der Waals surface area contributed by atoms with Gasteiger partial charge in [-0.05, 0) is 0 Å². The molecule has 1 heterocycles. The second-order valence-electron chi connectivity index (χ2n) is 2.68. The second kappa shape index (κ2) is 2.77. The molecule has 0 spiro atoms. The number of aromatic amines is 2. The number of aromatic nitrogens is 3. The third kappa shape index (κ3) is 1.09. The first kappa shape index (κ1) is 7.03. The average Bonchev–Trinajstić information content (AvgIpc) is 2.53. The highest BCUT2D eigenvalue weighted by molar-refractivity contribution is 5.57. The Morgan fingerprint density at radius 3 is 2.58 bits per heavy atom. The Hall–Kier alpha value is -1.64. The van der Waals surface area contributed by atoms with E-state index in [2.05, 4.69) is 15.4 Å². The zero-order chi connectivity index (χ0) is 8.39. The van der Waals surface area contributed by atoms with E-state index in [0.29, 0.717) is 0 Å². The molecule has 0 bridgehead atoms. The highest BCUT2D eigenvalue weighted by Gasteiger charge is 2.10. The normalized spacial score (nSPS) is 10.1. The summed E-state index contributed by atoms with van der Waals surface area (Å²) in [6.07, 6.45) is 0. The number of aryl methyl sites for hydroxylation is 1.